The summed E-state index contributed by atoms with van der Waals surface area (Å²) < 4.78 is 0. The van der Waals surface area contributed by atoms with Crippen LogP contribution in [0.15, 0.2) is 30.3 Å². The molecule has 1 unspecified atom stereocenters. The van der Waals surface area contributed by atoms with Gasteiger partial charge >= 0.3 is 0 Å². The van der Waals surface area contributed by atoms with Gasteiger partial charge in [0.25, 0.3) is 0 Å². The van der Waals surface area contributed by atoms with Gasteiger partial charge in [-0.2, -0.15) is 0 Å². The summed E-state index contributed by atoms with van der Waals surface area (Å²) in [5.41, 5.74) is 6.76. The topological polar surface area (TPSA) is 43.1 Å². The maximum absolute atomic E-state index is 11.6. The molecule has 0 spiro atoms. The maximum atomic E-state index is 11.6. The summed E-state index contributed by atoms with van der Waals surface area (Å²) >= 11 is 0. The Balaban J connectivity index is 2.12. The first-order valence-electron chi connectivity index (χ1n) is 4.63. The molecule has 13 heavy (non-hydrogen) atoms. The van der Waals surface area contributed by atoms with E-state index in [-0.39, 0.29) is 11.7 Å². The van der Waals surface area contributed by atoms with Crippen molar-refractivity contribution in [2.45, 2.75) is 18.9 Å². The summed E-state index contributed by atoms with van der Waals surface area (Å²) in [6.45, 7) is 0. The van der Waals surface area contributed by atoms with E-state index in [1.165, 1.54) is 0 Å². The fraction of sp³-hybridized carbons (Fsp3) is 0.364. The first kappa shape index (κ1) is 8.45. The zero-order valence-corrected chi connectivity index (χ0v) is 7.44. The predicted molar refractivity (Wildman–Crippen MR) is 51.1 cm³/mol. The Kier molecular flexibility index (Phi) is 2.15. The third-order valence-electron chi connectivity index (χ3n) is 2.44. The zero-order chi connectivity index (χ0) is 9.26. The molecule has 0 saturated heterocycles. The molecule has 1 fully saturated rings. The van der Waals surface area contributed by atoms with Gasteiger partial charge in [0.15, 0.2) is 5.78 Å². The number of benzene rings is 1. The Labute approximate surface area is 77.8 Å². The van der Waals surface area contributed by atoms with Crippen molar-refractivity contribution < 1.29 is 4.79 Å². The van der Waals surface area contributed by atoms with Gasteiger partial charge in [0.05, 0.1) is 6.04 Å². The van der Waals surface area contributed by atoms with Crippen LogP contribution in [0, 0.1) is 5.92 Å². The van der Waals surface area contributed by atoms with Crippen LogP contribution in [0.3, 0.4) is 0 Å². The highest BCUT2D eigenvalue weighted by atomic mass is 16.1. The quantitative estimate of drug-likeness (QED) is 0.759. The van der Waals surface area contributed by atoms with Crippen LogP contribution in [0.2, 0.25) is 0 Å². The molecule has 2 heteroatoms. The molecule has 1 atom stereocenters. The second-order valence-electron chi connectivity index (χ2n) is 3.56. The van der Waals surface area contributed by atoms with Crippen molar-refractivity contribution in [2.75, 3.05) is 0 Å². The number of carbonyl (C=O) groups is 1. The molecular weight excluding hydrogens is 162 g/mol. The van der Waals surface area contributed by atoms with Crippen LogP contribution >= 0.6 is 0 Å². The van der Waals surface area contributed by atoms with Gasteiger partial charge < -0.3 is 5.73 Å². The van der Waals surface area contributed by atoms with E-state index < -0.39 is 6.04 Å². The van der Waals surface area contributed by atoms with Crippen LogP contribution in [-0.4, -0.2) is 5.78 Å². The summed E-state index contributed by atoms with van der Waals surface area (Å²) in [7, 11) is 0. The molecule has 2 N–H and O–H groups in total. The van der Waals surface area contributed by atoms with Crippen LogP contribution in [0.1, 0.15) is 24.4 Å². The van der Waals surface area contributed by atoms with Crippen molar-refractivity contribution in [3.8, 4) is 0 Å². The first-order valence-corrected chi connectivity index (χ1v) is 4.63. The lowest BCUT2D eigenvalue weighted by molar-refractivity contribution is -0.121. The fourth-order valence-corrected chi connectivity index (χ4v) is 1.45. The van der Waals surface area contributed by atoms with Crippen molar-refractivity contribution in [3.63, 3.8) is 0 Å². The van der Waals surface area contributed by atoms with Crippen molar-refractivity contribution >= 4 is 5.78 Å². The molecule has 1 saturated carbocycles. The molecule has 0 amide bonds. The van der Waals surface area contributed by atoms with Crippen molar-refractivity contribution in [1.82, 2.24) is 0 Å². The molecule has 1 aliphatic rings. The lowest BCUT2D eigenvalue weighted by Crippen LogP contribution is -2.22. The van der Waals surface area contributed by atoms with E-state index in [1.54, 1.807) is 0 Å². The number of ketones is 1. The van der Waals surface area contributed by atoms with Gasteiger partial charge in [-0.3, -0.25) is 4.79 Å². The van der Waals surface area contributed by atoms with Gasteiger partial charge in [-0.15, -0.1) is 0 Å². The average molecular weight is 175 g/mol. The Morgan fingerprint density at radius 3 is 2.46 bits per heavy atom. The third kappa shape index (κ3) is 1.78. The highest BCUT2D eigenvalue weighted by Crippen LogP contribution is 2.33. The van der Waals surface area contributed by atoms with Crippen LogP contribution < -0.4 is 5.73 Å². The van der Waals surface area contributed by atoms with E-state index in [0.29, 0.717) is 0 Å². The van der Waals surface area contributed by atoms with Crippen molar-refractivity contribution in [1.29, 1.82) is 0 Å². The smallest absolute Gasteiger partial charge is 0.157 e. The van der Waals surface area contributed by atoms with Crippen molar-refractivity contribution in [3.05, 3.63) is 35.9 Å². The molecular formula is C11H13NO. The molecule has 2 rings (SSSR count). The lowest BCUT2D eigenvalue weighted by atomic mass is 10.0. The largest absolute Gasteiger partial charge is 0.318 e. The van der Waals surface area contributed by atoms with E-state index in [4.69, 9.17) is 5.73 Å². The Morgan fingerprint density at radius 2 is 1.92 bits per heavy atom. The minimum atomic E-state index is -0.409. The van der Waals surface area contributed by atoms with E-state index in [2.05, 4.69) is 0 Å². The number of nitrogens with two attached hydrogens (primary N) is 1. The van der Waals surface area contributed by atoms with Gasteiger partial charge in [0.1, 0.15) is 0 Å². The first-order chi connectivity index (χ1) is 6.29. The monoisotopic (exact) mass is 175 g/mol. The molecule has 68 valence electrons. The molecule has 0 bridgehead atoms. The van der Waals surface area contributed by atoms with E-state index >= 15 is 0 Å². The molecule has 1 aliphatic carbocycles. The minimum Gasteiger partial charge on any atom is -0.318 e. The number of hydrogen-bond donors (Lipinski definition) is 1. The van der Waals surface area contributed by atoms with Gasteiger partial charge in [-0.1, -0.05) is 30.3 Å². The summed E-state index contributed by atoms with van der Waals surface area (Å²) in [6.07, 6.45) is 2.05. The number of rotatable bonds is 3. The Hall–Kier alpha value is -1.15. The van der Waals surface area contributed by atoms with E-state index in [0.717, 1.165) is 18.4 Å². The molecule has 1 aromatic rings. The maximum Gasteiger partial charge on any atom is 0.157 e. The summed E-state index contributed by atoms with van der Waals surface area (Å²) in [4.78, 5) is 11.6. The molecule has 1 aromatic carbocycles. The summed E-state index contributed by atoms with van der Waals surface area (Å²) in [5.74, 6) is 0.446. The second-order valence-corrected chi connectivity index (χ2v) is 3.56. The predicted octanol–water partition coefficient (Wildman–Crippen LogP) is 1.67. The standard InChI is InChI=1S/C11H13NO/c12-10(11(13)9-6-7-9)8-4-2-1-3-5-8/h1-5,9-10H,6-7,12H2. The van der Waals surface area contributed by atoms with Crippen LogP contribution in [-0.2, 0) is 4.79 Å². The van der Waals surface area contributed by atoms with Crippen LogP contribution in [0.25, 0.3) is 0 Å². The van der Waals surface area contributed by atoms with Crippen LogP contribution in [0.5, 0.6) is 0 Å². The number of carbonyl (C=O) groups excluding carboxylic acids is 1. The third-order valence-corrected chi connectivity index (χ3v) is 2.44. The molecule has 0 heterocycles. The minimum absolute atomic E-state index is 0.200. The van der Waals surface area contributed by atoms with Gasteiger partial charge in [0.2, 0.25) is 0 Å². The van der Waals surface area contributed by atoms with Gasteiger partial charge in [-0.25, -0.2) is 0 Å². The zero-order valence-electron chi connectivity index (χ0n) is 7.44. The highest BCUT2D eigenvalue weighted by Gasteiger charge is 2.33. The molecule has 0 radical (unpaired) electrons. The van der Waals surface area contributed by atoms with Crippen molar-refractivity contribution in [2.24, 2.45) is 11.7 Å². The fourth-order valence-electron chi connectivity index (χ4n) is 1.45. The summed E-state index contributed by atoms with van der Waals surface area (Å²) in [6, 6.07) is 9.16. The number of Topliss-reactive ketones (excluding diaryl/α,β-unsaturated/α-hetero) is 1. The normalized spacial score (nSPS) is 18.2. The molecule has 0 aromatic heterocycles. The summed E-state index contributed by atoms with van der Waals surface area (Å²) in [5, 5.41) is 0. The molecule has 0 aliphatic heterocycles. The second kappa shape index (κ2) is 3.30. The number of hydrogen-bond acceptors (Lipinski definition) is 2. The van der Waals surface area contributed by atoms with E-state index in [1.807, 2.05) is 30.3 Å². The average Bonchev–Trinajstić information content (AvgIpc) is 3.00. The SMILES string of the molecule is NC(C(=O)C1CC1)c1ccccc1. The van der Waals surface area contributed by atoms with Crippen LogP contribution in [0.4, 0.5) is 0 Å². The molecule has 2 nitrogen and oxygen atoms in total. The Bertz CT molecular complexity index is 303. The highest BCUT2D eigenvalue weighted by molar-refractivity contribution is 5.89. The van der Waals surface area contributed by atoms with Gasteiger partial charge in [-0.05, 0) is 18.4 Å². The Morgan fingerprint density at radius 1 is 1.31 bits per heavy atom. The lowest BCUT2D eigenvalue weighted by Gasteiger charge is -2.09. The van der Waals surface area contributed by atoms with Gasteiger partial charge in [0, 0.05) is 5.92 Å². The van der Waals surface area contributed by atoms with E-state index in [9.17, 15) is 4.79 Å².